The first kappa shape index (κ1) is 12.8. The largest absolute Gasteiger partial charge is 0.508 e. The fourth-order valence-corrected chi connectivity index (χ4v) is 4.29. The van der Waals surface area contributed by atoms with E-state index in [1.54, 1.807) is 0 Å². The van der Waals surface area contributed by atoms with E-state index in [1.807, 2.05) is 0 Å². The molecule has 1 aliphatic heterocycles. The molecule has 1 aromatic carbocycles. The highest BCUT2D eigenvalue weighted by atomic mass is 16.3. The number of nitrogens with zero attached hydrogens (tertiary/aromatic N) is 1. The number of fused-ring (bicyclic) bond motifs is 5. The summed E-state index contributed by atoms with van der Waals surface area (Å²) in [6.45, 7) is 0. The van der Waals surface area contributed by atoms with Crippen molar-refractivity contribution in [2.45, 2.75) is 18.6 Å². The van der Waals surface area contributed by atoms with Crippen LogP contribution in [0.5, 0.6) is 5.75 Å². The third kappa shape index (κ3) is 1.49. The average Bonchev–Trinajstić information content (AvgIpc) is 3.06. The minimum Gasteiger partial charge on any atom is -0.508 e. The van der Waals surface area contributed by atoms with Crippen LogP contribution in [0.15, 0.2) is 24.3 Å². The number of phenolic OH excluding ortho intramolecular Hbond substituents is 1. The second-order valence-corrected chi connectivity index (χ2v) is 6.12. The number of imide groups is 1. The summed E-state index contributed by atoms with van der Waals surface area (Å²) in [7, 11) is 0. The van der Waals surface area contributed by atoms with Crippen LogP contribution >= 0.6 is 0 Å². The summed E-state index contributed by atoms with van der Waals surface area (Å²) >= 11 is 0. The number of carbonyl (C=O) groups excluding carboxylic acids is 2. The molecular weight excluding hydrogens is 274 g/mol. The van der Waals surface area contributed by atoms with Crippen molar-refractivity contribution >= 4 is 17.5 Å². The van der Waals surface area contributed by atoms with Gasteiger partial charge in [-0.05, 0) is 30.7 Å². The lowest BCUT2D eigenvalue weighted by Gasteiger charge is -2.29. The summed E-state index contributed by atoms with van der Waals surface area (Å²) in [5.74, 6) is -2.31. The highest BCUT2D eigenvalue weighted by Gasteiger charge is 2.67. The maximum atomic E-state index is 12.6. The summed E-state index contributed by atoms with van der Waals surface area (Å²) in [6.07, 6.45) is -1.32. The highest BCUT2D eigenvalue weighted by molar-refractivity contribution is 6.22. The first-order valence-electron chi connectivity index (χ1n) is 7.03. The van der Waals surface area contributed by atoms with Crippen LogP contribution in [0.2, 0.25) is 0 Å². The number of benzene rings is 1. The Morgan fingerprint density at radius 2 is 1.38 bits per heavy atom. The smallest absolute Gasteiger partial charge is 0.238 e. The van der Waals surface area contributed by atoms with Gasteiger partial charge in [0.1, 0.15) is 5.75 Å². The number of hydrogen-bond acceptors (Lipinski definition) is 5. The van der Waals surface area contributed by atoms with Gasteiger partial charge >= 0.3 is 0 Å². The van der Waals surface area contributed by atoms with Crippen LogP contribution in [-0.4, -0.2) is 39.3 Å². The molecule has 2 amide bonds. The van der Waals surface area contributed by atoms with Crippen LogP contribution in [0.4, 0.5) is 5.69 Å². The summed E-state index contributed by atoms with van der Waals surface area (Å²) in [5.41, 5.74) is 0.417. The minimum atomic E-state index is -0.923. The Bertz CT molecular complexity index is 595. The summed E-state index contributed by atoms with van der Waals surface area (Å²) in [5, 5.41) is 29.2. The van der Waals surface area contributed by atoms with E-state index in [0.29, 0.717) is 12.1 Å². The molecule has 1 aromatic rings. The topological polar surface area (TPSA) is 98.1 Å². The van der Waals surface area contributed by atoms with Crippen LogP contribution in [0.3, 0.4) is 0 Å². The maximum absolute atomic E-state index is 12.6. The van der Waals surface area contributed by atoms with E-state index in [9.17, 15) is 24.9 Å². The van der Waals surface area contributed by atoms with E-state index >= 15 is 0 Å². The number of hydrogen-bond donors (Lipinski definition) is 3. The van der Waals surface area contributed by atoms with Crippen molar-refractivity contribution in [1.82, 2.24) is 0 Å². The molecule has 6 heteroatoms. The van der Waals surface area contributed by atoms with Crippen LogP contribution in [-0.2, 0) is 9.59 Å². The predicted octanol–water partition coefficient (Wildman–Crippen LogP) is -0.131. The molecule has 4 rings (SSSR count). The maximum Gasteiger partial charge on any atom is 0.238 e. The lowest BCUT2D eigenvalue weighted by molar-refractivity contribution is -0.129. The molecular formula is C15H15NO5. The van der Waals surface area contributed by atoms with Crippen molar-refractivity contribution in [1.29, 1.82) is 0 Å². The van der Waals surface area contributed by atoms with Gasteiger partial charge in [0.2, 0.25) is 11.8 Å². The molecule has 0 aromatic heterocycles. The van der Waals surface area contributed by atoms with Gasteiger partial charge in [0.15, 0.2) is 0 Å². The lowest BCUT2D eigenvalue weighted by atomic mass is 9.78. The van der Waals surface area contributed by atoms with Crippen molar-refractivity contribution in [3.8, 4) is 5.75 Å². The molecule has 110 valence electrons. The summed E-state index contributed by atoms with van der Waals surface area (Å²) in [4.78, 5) is 26.3. The number of phenols is 1. The Kier molecular flexibility index (Phi) is 2.47. The monoisotopic (exact) mass is 289 g/mol. The third-order valence-electron chi connectivity index (χ3n) is 5.20. The van der Waals surface area contributed by atoms with Crippen LogP contribution in [0.25, 0.3) is 0 Å². The van der Waals surface area contributed by atoms with Gasteiger partial charge in [0.25, 0.3) is 0 Å². The molecule has 1 saturated heterocycles. The zero-order valence-electron chi connectivity index (χ0n) is 11.1. The average molecular weight is 289 g/mol. The van der Waals surface area contributed by atoms with E-state index in [0.717, 1.165) is 4.90 Å². The molecule has 21 heavy (non-hydrogen) atoms. The Labute approximate surface area is 120 Å². The number of aliphatic hydroxyl groups is 2. The quantitative estimate of drug-likeness (QED) is 0.626. The van der Waals surface area contributed by atoms with Gasteiger partial charge < -0.3 is 15.3 Å². The van der Waals surface area contributed by atoms with Gasteiger partial charge in [0.05, 0.1) is 29.7 Å². The Hall–Kier alpha value is -1.92. The van der Waals surface area contributed by atoms with E-state index in [4.69, 9.17) is 0 Å². The fraction of sp³-hybridized carbons (Fsp3) is 0.467. The number of carbonyl (C=O) groups is 2. The van der Waals surface area contributed by atoms with Crippen molar-refractivity contribution in [3.63, 3.8) is 0 Å². The summed E-state index contributed by atoms with van der Waals surface area (Å²) < 4.78 is 0. The third-order valence-corrected chi connectivity index (χ3v) is 5.20. The molecule has 1 heterocycles. The Morgan fingerprint density at radius 1 is 0.905 bits per heavy atom. The van der Waals surface area contributed by atoms with Gasteiger partial charge in [0, 0.05) is 11.8 Å². The first-order chi connectivity index (χ1) is 10.0. The van der Waals surface area contributed by atoms with E-state index in [2.05, 4.69) is 0 Å². The standard InChI is InChI=1S/C15H15NO5/c17-7-3-1-6(2-4-7)16-14(20)10-8-5-9(11(10)15(16)21)13(19)12(8)18/h1-4,8-13,17-19H,5H2/t8-,9-,10-,11-,12-,13+/m1/s1. The molecule has 3 N–H and O–H groups in total. The van der Waals surface area contributed by atoms with Crippen molar-refractivity contribution in [2.75, 3.05) is 4.90 Å². The molecule has 2 aliphatic carbocycles. The number of amides is 2. The number of anilines is 1. The molecule has 0 spiro atoms. The number of rotatable bonds is 1. The minimum absolute atomic E-state index is 0.0592. The molecule has 0 unspecified atom stereocenters. The van der Waals surface area contributed by atoms with Crippen molar-refractivity contribution in [2.24, 2.45) is 23.7 Å². The number of aromatic hydroxyl groups is 1. The molecule has 6 nitrogen and oxygen atoms in total. The zero-order chi connectivity index (χ0) is 14.9. The van der Waals surface area contributed by atoms with Crippen LogP contribution in [0.1, 0.15) is 6.42 Å². The predicted molar refractivity (Wildman–Crippen MR) is 71.2 cm³/mol. The Morgan fingerprint density at radius 3 is 1.86 bits per heavy atom. The van der Waals surface area contributed by atoms with Gasteiger partial charge in [-0.2, -0.15) is 0 Å². The van der Waals surface area contributed by atoms with Crippen molar-refractivity contribution in [3.05, 3.63) is 24.3 Å². The molecule has 2 saturated carbocycles. The van der Waals surface area contributed by atoms with Crippen molar-refractivity contribution < 1.29 is 24.9 Å². The zero-order valence-corrected chi connectivity index (χ0v) is 11.1. The van der Waals surface area contributed by atoms with Gasteiger partial charge in [-0.15, -0.1) is 0 Å². The molecule has 3 fully saturated rings. The van der Waals surface area contributed by atoms with Crippen LogP contribution in [0, 0.1) is 23.7 Å². The van der Waals surface area contributed by atoms with E-state index in [1.165, 1.54) is 24.3 Å². The molecule has 0 radical (unpaired) electrons. The fourth-order valence-electron chi connectivity index (χ4n) is 4.29. The number of aliphatic hydroxyl groups excluding tert-OH is 2. The van der Waals surface area contributed by atoms with Gasteiger partial charge in [-0.3, -0.25) is 14.5 Å². The first-order valence-corrected chi connectivity index (χ1v) is 7.03. The molecule has 6 atom stereocenters. The normalized spacial score (nSPS) is 41.0. The summed E-state index contributed by atoms with van der Waals surface area (Å²) in [6, 6.07) is 5.87. The van der Waals surface area contributed by atoms with Gasteiger partial charge in [-0.1, -0.05) is 0 Å². The second-order valence-electron chi connectivity index (χ2n) is 6.12. The SMILES string of the molecule is O=C1[C@@H]2[C@H]3C[C@@H]([C@@H](O)[C@H]3O)[C@H]2C(=O)N1c1ccc(O)cc1. The van der Waals surface area contributed by atoms with E-state index in [-0.39, 0.29) is 29.4 Å². The second kappa shape index (κ2) is 4.05. The lowest BCUT2D eigenvalue weighted by Crippen LogP contribution is -2.43. The molecule has 2 bridgehead atoms. The Balaban J connectivity index is 1.73. The van der Waals surface area contributed by atoms with Crippen LogP contribution < -0.4 is 4.90 Å². The van der Waals surface area contributed by atoms with E-state index < -0.39 is 24.0 Å². The molecule has 3 aliphatic rings. The highest BCUT2D eigenvalue weighted by Crippen LogP contribution is 2.56. The van der Waals surface area contributed by atoms with Gasteiger partial charge in [-0.25, -0.2) is 0 Å².